The molecule has 1 atom stereocenters. The van der Waals surface area contributed by atoms with Gasteiger partial charge in [0, 0.05) is 12.1 Å². The summed E-state index contributed by atoms with van der Waals surface area (Å²) in [7, 11) is 0. The van der Waals surface area contributed by atoms with E-state index in [0.717, 1.165) is 11.3 Å². The lowest BCUT2D eigenvalue weighted by molar-refractivity contribution is 0.471. The fourth-order valence-corrected chi connectivity index (χ4v) is 2.58. The fraction of sp³-hybridized carbons (Fsp3) is 0.176. The molecule has 124 valence electrons. The molecule has 3 aromatic rings. The van der Waals surface area contributed by atoms with E-state index in [1.165, 1.54) is 6.33 Å². The molecule has 24 heavy (non-hydrogen) atoms. The predicted octanol–water partition coefficient (Wildman–Crippen LogP) is 4.43. The summed E-state index contributed by atoms with van der Waals surface area (Å²) in [5.74, 6) is 1.44. The van der Waals surface area contributed by atoms with Crippen LogP contribution in [0.15, 0.2) is 49.1 Å². The van der Waals surface area contributed by atoms with E-state index in [9.17, 15) is 0 Å². The van der Waals surface area contributed by atoms with E-state index in [0.29, 0.717) is 28.1 Å². The summed E-state index contributed by atoms with van der Waals surface area (Å²) in [6, 6.07) is 11.0. The van der Waals surface area contributed by atoms with E-state index in [2.05, 4.69) is 10.1 Å². The zero-order chi connectivity index (χ0) is 17.1. The molecule has 2 aromatic carbocycles. The Morgan fingerprint density at radius 1 is 1.17 bits per heavy atom. The number of nitrogens with two attached hydrogens (primary N) is 1. The first-order valence-corrected chi connectivity index (χ1v) is 8.16. The van der Waals surface area contributed by atoms with Gasteiger partial charge >= 0.3 is 0 Å². The van der Waals surface area contributed by atoms with Gasteiger partial charge in [-0.1, -0.05) is 36.2 Å². The topological polar surface area (TPSA) is 66.0 Å². The Morgan fingerprint density at radius 2 is 2.00 bits per heavy atom. The zero-order valence-corrected chi connectivity index (χ0v) is 14.5. The molecule has 1 unspecified atom stereocenters. The summed E-state index contributed by atoms with van der Waals surface area (Å²) >= 11 is 12.0. The highest BCUT2D eigenvalue weighted by atomic mass is 35.5. The van der Waals surface area contributed by atoms with Crippen LogP contribution in [0, 0.1) is 0 Å². The number of aromatic nitrogens is 3. The molecule has 0 aliphatic rings. The van der Waals surface area contributed by atoms with Crippen LogP contribution in [0.4, 0.5) is 0 Å². The van der Waals surface area contributed by atoms with Gasteiger partial charge in [0.25, 0.3) is 0 Å². The van der Waals surface area contributed by atoms with Crippen molar-refractivity contribution in [2.24, 2.45) is 5.73 Å². The minimum Gasteiger partial charge on any atom is -0.457 e. The number of rotatable bonds is 5. The summed E-state index contributed by atoms with van der Waals surface area (Å²) in [6.07, 6.45) is 3.11. The molecule has 0 aliphatic heterocycles. The molecule has 0 fully saturated rings. The van der Waals surface area contributed by atoms with Crippen LogP contribution in [0.3, 0.4) is 0 Å². The van der Waals surface area contributed by atoms with Crippen molar-refractivity contribution in [3.05, 3.63) is 64.7 Å². The molecule has 0 spiro atoms. The van der Waals surface area contributed by atoms with Gasteiger partial charge in [0.2, 0.25) is 0 Å². The molecule has 1 aromatic heterocycles. The van der Waals surface area contributed by atoms with Gasteiger partial charge in [0.15, 0.2) is 0 Å². The quantitative estimate of drug-likeness (QED) is 0.728. The largest absolute Gasteiger partial charge is 0.457 e. The van der Waals surface area contributed by atoms with Gasteiger partial charge in [-0.2, -0.15) is 5.10 Å². The van der Waals surface area contributed by atoms with Crippen LogP contribution in [0.2, 0.25) is 10.0 Å². The van der Waals surface area contributed by atoms with Crippen LogP contribution in [0.5, 0.6) is 11.5 Å². The summed E-state index contributed by atoms with van der Waals surface area (Å²) in [4.78, 5) is 3.97. The van der Waals surface area contributed by atoms with Crippen LogP contribution in [0.25, 0.3) is 5.69 Å². The van der Waals surface area contributed by atoms with Crippen LogP contribution >= 0.6 is 23.2 Å². The first-order valence-electron chi connectivity index (χ1n) is 7.40. The van der Waals surface area contributed by atoms with Crippen molar-refractivity contribution < 1.29 is 4.74 Å². The maximum Gasteiger partial charge on any atom is 0.138 e. The molecule has 0 bridgehead atoms. The maximum atomic E-state index is 6.07. The van der Waals surface area contributed by atoms with E-state index >= 15 is 0 Å². The molecule has 2 N–H and O–H groups in total. The van der Waals surface area contributed by atoms with Gasteiger partial charge in [0.05, 0.1) is 15.7 Å². The van der Waals surface area contributed by atoms with Crippen molar-refractivity contribution >= 4 is 23.2 Å². The monoisotopic (exact) mass is 362 g/mol. The smallest absolute Gasteiger partial charge is 0.138 e. The third-order valence-corrected chi connectivity index (χ3v) is 4.42. The molecule has 1 heterocycles. The van der Waals surface area contributed by atoms with Crippen LogP contribution < -0.4 is 10.5 Å². The van der Waals surface area contributed by atoms with E-state index in [-0.39, 0.29) is 5.92 Å². The highest BCUT2D eigenvalue weighted by molar-refractivity contribution is 6.42. The highest BCUT2D eigenvalue weighted by Gasteiger charge is 2.14. The van der Waals surface area contributed by atoms with Crippen molar-refractivity contribution in [1.29, 1.82) is 0 Å². The van der Waals surface area contributed by atoms with Crippen LogP contribution in [0.1, 0.15) is 18.4 Å². The van der Waals surface area contributed by atoms with Crippen molar-refractivity contribution in [3.8, 4) is 17.2 Å². The van der Waals surface area contributed by atoms with Gasteiger partial charge in [-0.25, -0.2) is 9.67 Å². The number of hydrogen-bond donors (Lipinski definition) is 1. The van der Waals surface area contributed by atoms with Gasteiger partial charge in [0.1, 0.15) is 24.2 Å². The van der Waals surface area contributed by atoms with E-state index in [1.807, 2.05) is 25.1 Å². The minimum absolute atomic E-state index is 0.146. The average molecular weight is 363 g/mol. The van der Waals surface area contributed by atoms with Gasteiger partial charge in [-0.3, -0.25) is 0 Å². The normalized spacial score (nSPS) is 12.2. The van der Waals surface area contributed by atoms with Gasteiger partial charge in [-0.05, 0) is 36.2 Å². The Morgan fingerprint density at radius 3 is 2.67 bits per heavy atom. The van der Waals surface area contributed by atoms with Crippen LogP contribution in [-0.4, -0.2) is 21.3 Å². The minimum atomic E-state index is 0.146. The van der Waals surface area contributed by atoms with Crippen molar-refractivity contribution in [2.45, 2.75) is 12.8 Å². The highest BCUT2D eigenvalue weighted by Crippen LogP contribution is 2.34. The summed E-state index contributed by atoms with van der Waals surface area (Å²) in [6.45, 7) is 2.56. The number of nitrogens with zero attached hydrogens (tertiary/aromatic N) is 3. The Kier molecular flexibility index (Phi) is 5.04. The van der Waals surface area contributed by atoms with E-state index in [1.54, 1.807) is 29.2 Å². The molecule has 0 amide bonds. The second-order valence-corrected chi connectivity index (χ2v) is 6.19. The molecular formula is C17H16Cl2N4O. The molecular weight excluding hydrogens is 347 g/mol. The Labute approximate surface area is 150 Å². The molecule has 0 aliphatic carbocycles. The van der Waals surface area contributed by atoms with Crippen molar-refractivity contribution in [2.75, 3.05) is 6.54 Å². The standard InChI is InChI=1S/C17H16Cl2N4O/c1-11(8-20)14-4-2-12(23-10-21-9-22-23)6-17(14)24-13-3-5-15(18)16(19)7-13/h2-7,9-11H,8,20H2,1H3. The van der Waals surface area contributed by atoms with Crippen molar-refractivity contribution in [1.82, 2.24) is 14.8 Å². The fourth-order valence-electron chi connectivity index (χ4n) is 2.30. The maximum absolute atomic E-state index is 6.07. The third-order valence-electron chi connectivity index (χ3n) is 3.68. The summed E-state index contributed by atoms with van der Waals surface area (Å²) in [5.41, 5.74) is 7.67. The molecule has 0 saturated carbocycles. The third kappa shape index (κ3) is 3.53. The van der Waals surface area contributed by atoms with Crippen molar-refractivity contribution in [3.63, 3.8) is 0 Å². The molecule has 7 heteroatoms. The molecule has 3 rings (SSSR count). The summed E-state index contributed by atoms with van der Waals surface area (Å²) < 4.78 is 7.71. The lowest BCUT2D eigenvalue weighted by Crippen LogP contribution is -2.10. The first kappa shape index (κ1) is 16.8. The van der Waals surface area contributed by atoms with Crippen LogP contribution in [-0.2, 0) is 0 Å². The Hall–Kier alpha value is -2.08. The van der Waals surface area contributed by atoms with Gasteiger partial charge < -0.3 is 10.5 Å². The second-order valence-electron chi connectivity index (χ2n) is 5.38. The lowest BCUT2D eigenvalue weighted by Gasteiger charge is -2.17. The van der Waals surface area contributed by atoms with E-state index in [4.69, 9.17) is 33.7 Å². The summed E-state index contributed by atoms with van der Waals surface area (Å²) in [5, 5.41) is 5.06. The Balaban J connectivity index is 2.01. The SMILES string of the molecule is CC(CN)c1ccc(-n2cncn2)cc1Oc1ccc(Cl)c(Cl)c1. The number of halogens is 2. The van der Waals surface area contributed by atoms with E-state index < -0.39 is 0 Å². The second kappa shape index (κ2) is 7.21. The number of ether oxygens (including phenoxy) is 1. The zero-order valence-electron chi connectivity index (χ0n) is 13.0. The Bertz CT molecular complexity index is 837. The lowest BCUT2D eigenvalue weighted by atomic mass is 10.00. The number of benzene rings is 2. The average Bonchev–Trinajstić information content (AvgIpc) is 3.12. The number of hydrogen-bond acceptors (Lipinski definition) is 4. The molecule has 5 nitrogen and oxygen atoms in total. The first-order chi connectivity index (χ1) is 11.6. The molecule has 0 radical (unpaired) electrons. The van der Waals surface area contributed by atoms with Gasteiger partial charge in [-0.15, -0.1) is 0 Å². The molecule has 0 saturated heterocycles. The predicted molar refractivity (Wildman–Crippen MR) is 95.4 cm³/mol.